The second kappa shape index (κ2) is 6.54. The van der Waals surface area contributed by atoms with Gasteiger partial charge in [-0.25, -0.2) is 4.98 Å². The van der Waals surface area contributed by atoms with Crippen LogP contribution in [0.1, 0.15) is 15.9 Å². The van der Waals surface area contributed by atoms with E-state index in [9.17, 15) is 9.59 Å². The quantitative estimate of drug-likeness (QED) is 0.769. The lowest BCUT2D eigenvalue weighted by Gasteiger charge is -2.15. The molecule has 6 nitrogen and oxygen atoms in total. The van der Waals surface area contributed by atoms with Crippen molar-refractivity contribution in [1.82, 2.24) is 15.3 Å². The molecule has 1 aromatic carbocycles. The van der Waals surface area contributed by atoms with E-state index in [1.54, 1.807) is 29.3 Å². The number of aromatic amines is 1. The van der Waals surface area contributed by atoms with Gasteiger partial charge < -0.3 is 15.2 Å². The Balaban J connectivity index is 1.82. The van der Waals surface area contributed by atoms with E-state index in [2.05, 4.69) is 15.3 Å². The smallest absolute Gasteiger partial charge is 0.255 e. The number of carbonyl (C=O) groups excluding carboxylic acids is 1. The topological polar surface area (TPSA) is 78.1 Å². The monoisotopic (exact) mass is 322 g/mol. The van der Waals surface area contributed by atoms with Crippen LogP contribution in [0.25, 0.3) is 10.9 Å². The molecule has 2 N–H and O–H groups in total. The molecule has 0 fully saturated rings. The second-order valence-electron chi connectivity index (χ2n) is 5.66. The molecule has 0 spiro atoms. The number of carbonyl (C=O) groups is 1. The van der Waals surface area contributed by atoms with Gasteiger partial charge in [0.25, 0.3) is 11.5 Å². The Hall–Kier alpha value is -3.15. The normalized spacial score (nSPS) is 10.6. The molecule has 0 bridgehead atoms. The number of para-hydroxylation sites is 1. The van der Waals surface area contributed by atoms with Crippen LogP contribution in [0.2, 0.25) is 0 Å². The highest BCUT2D eigenvalue weighted by molar-refractivity contribution is 5.98. The number of amides is 1. The molecule has 0 aliphatic rings. The summed E-state index contributed by atoms with van der Waals surface area (Å²) < 4.78 is 0. The second-order valence-corrected chi connectivity index (χ2v) is 5.66. The van der Waals surface area contributed by atoms with Crippen molar-refractivity contribution in [2.24, 2.45) is 0 Å². The fraction of sp³-hybridized carbons (Fsp3) is 0.167. The van der Waals surface area contributed by atoms with Crippen LogP contribution in [-0.4, -0.2) is 30.0 Å². The lowest BCUT2D eigenvalue weighted by molar-refractivity contribution is 0.0951. The molecule has 1 amide bonds. The van der Waals surface area contributed by atoms with E-state index in [0.717, 1.165) is 10.9 Å². The minimum absolute atomic E-state index is 0.154. The first kappa shape index (κ1) is 15.7. The first-order chi connectivity index (χ1) is 11.6. The average molecular weight is 322 g/mol. The summed E-state index contributed by atoms with van der Waals surface area (Å²) in [5, 5.41) is 3.72. The van der Waals surface area contributed by atoms with E-state index in [-0.39, 0.29) is 18.0 Å². The summed E-state index contributed by atoms with van der Waals surface area (Å²) in [6, 6.07) is 12.8. The zero-order valence-corrected chi connectivity index (χ0v) is 13.5. The predicted molar refractivity (Wildman–Crippen MR) is 94.3 cm³/mol. The minimum atomic E-state index is -0.264. The summed E-state index contributed by atoms with van der Waals surface area (Å²) in [4.78, 5) is 33.4. The fourth-order valence-corrected chi connectivity index (χ4v) is 2.53. The van der Waals surface area contributed by atoms with Gasteiger partial charge in [0.05, 0.1) is 5.56 Å². The molecule has 0 aliphatic heterocycles. The van der Waals surface area contributed by atoms with E-state index in [1.807, 2.05) is 38.4 Å². The van der Waals surface area contributed by atoms with Gasteiger partial charge in [-0.2, -0.15) is 0 Å². The summed E-state index contributed by atoms with van der Waals surface area (Å²) in [5.74, 6) is 0.321. The molecular formula is C18H18N4O2. The molecule has 0 atom stereocenters. The van der Waals surface area contributed by atoms with E-state index in [4.69, 9.17) is 0 Å². The van der Waals surface area contributed by atoms with E-state index in [1.165, 1.54) is 0 Å². The Bertz CT molecular complexity index is 947. The van der Waals surface area contributed by atoms with E-state index >= 15 is 0 Å². The van der Waals surface area contributed by atoms with Crippen LogP contribution in [0, 0.1) is 0 Å². The summed E-state index contributed by atoms with van der Waals surface area (Å²) in [6.45, 7) is 0.154. The SMILES string of the molecule is CN(C)c1ncccc1C(=O)NCc1cc2ccccc2[nH]c1=O. The van der Waals surface area contributed by atoms with Gasteiger partial charge in [-0.3, -0.25) is 9.59 Å². The standard InChI is InChI=1S/C18H18N4O2/c1-22(2)16-14(7-5-9-19-16)18(24)20-11-13-10-12-6-3-4-8-15(12)21-17(13)23/h3-10H,11H2,1-2H3,(H,20,24)(H,21,23). The van der Waals surface area contributed by atoms with Gasteiger partial charge >= 0.3 is 0 Å². The number of aromatic nitrogens is 2. The molecule has 0 saturated heterocycles. The van der Waals surface area contributed by atoms with Gasteiger partial charge in [0.1, 0.15) is 5.82 Å². The third-order valence-corrected chi connectivity index (χ3v) is 3.72. The van der Waals surface area contributed by atoms with Crippen molar-refractivity contribution in [3.63, 3.8) is 0 Å². The zero-order valence-electron chi connectivity index (χ0n) is 13.5. The molecule has 6 heteroatoms. The highest BCUT2D eigenvalue weighted by Crippen LogP contribution is 2.14. The van der Waals surface area contributed by atoms with Crippen LogP contribution in [0.3, 0.4) is 0 Å². The van der Waals surface area contributed by atoms with Crippen LogP contribution in [0.15, 0.2) is 53.5 Å². The van der Waals surface area contributed by atoms with E-state index in [0.29, 0.717) is 16.9 Å². The van der Waals surface area contributed by atoms with E-state index < -0.39 is 0 Å². The molecular weight excluding hydrogens is 304 g/mol. The lowest BCUT2D eigenvalue weighted by Crippen LogP contribution is -2.28. The molecule has 3 rings (SSSR count). The largest absolute Gasteiger partial charge is 0.362 e. The first-order valence-corrected chi connectivity index (χ1v) is 7.58. The molecule has 0 unspecified atom stereocenters. The van der Waals surface area contributed by atoms with Gasteiger partial charge in [0, 0.05) is 37.9 Å². The molecule has 3 aromatic rings. The molecule has 2 aromatic heterocycles. The Labute approximate surface area is 139 Å². The van der Waals surface area contributed by atoms with Gasteiger partial charge in [0.2, 0.25) is 0 Å². The number of benzene rings is 1. The van der Waals surface area contributed by atoms with Crippen LogP contribution < -0.4 is 15.8 Å². The fourth-order valence-electron chi connectivity index (χ4n) is 2.53. The Kier molecular flexibility index (Phi) is 4.29. The average Bonchev–Trinajstić information content (AvgIpc) is 2.59. The highest BCUT2D eigenvalue weighted by Gasteiger charge is 2.14. The van der Waals surface area contributed by atoms with Crippen LogP contribution in [-0.2, 0) is 6.54 Å². The number of hydrogen-bond donors (Lipinski definition) is 2. The van der Waals surface area contributed by atoms with Crippen molar-refractivity contribution in [3.05, 3.63) is 70.1 Å². The highest BCUT2D eigenvalue weighted by atomic mass is 16.2. The number of fused-ring (bicyclic) bond motifs is 1. The number of nitrogens with zero attached hydrogens (tertiary/aromatic N) is 2. The van der Waals surface area contributed by atoms with Gasteiger partial charge in [-0.1, -0.05) is 18.2 Å². The molecule has 0 radical (unpaired) electrons. The molecule has 122 valence electrons. The van der Waals surface area contributed by atoms with Gasteiger partial charge in [-0.05, 0) is 29.7 Å². The van der Waals surface area contributed by atoms with Gasteiger partial charge in [0.15, 0.2) is 0 Å². The Morgan fingerprint density at radius 3 is 2.79 bits per heavy atom. The predicted octanol–water partition coefficient (Wildman–Crippen LogP) is 1.92. The Morgan fingerprint density at radius 2 is 2.00 bits per heavy atom. The maximum absolute atomic E-state index is 12.4. The van der Waals surface area contributed by atoms with Crippen LogP contribution in [0.4, 0.5) is 5.82 Å². The van der Waals surface area contributed by atoms with Crippen molar-refractivity contribution in [1.29, 1.82) is 0 Å². The Morgan fingerprint density at radius 1 is 1.21 bits per heavy atom. The number of anilines is 1. The maximum atomic E-state index is 12.4. The van der Waals surface area contributed by atoms with Gasteiger partial charge in [-0.15, -0.1) is 0 Å². The molecule has 0 saturated carbocycles. The third kappa shape index (κ3) is 3.12. The summed E-state index contributed by atoms with van der Waals surface area (Å²) in [5.41, 5.74) is 1.56. The van der Waals surface area contributed by atoms with Crippen molar-refractivity contribution in [2.45, 2.75) is 6.54 Å². The lowest BCUT2D eigenvalue weighted by atomic mass is 10.1. The number of H-pyrrole nitrogens is 1. The molecule has 24 heavy (non-hydrogen) atoms. The van der Waals surface area contributed by atoms with Crippen molar-refractivity contribution in [3.8, 4) is 0 Å². The van der Waals surface area contributed by atoms with Crippen LogP contribution >= 0.6 is 0 Å². The number of pyridine rings is 2. The van der Waals surface area contributed by atoms with Crippen LogP contribution in [0.5, 0.6) is 0 Å². The summed E-state index contributed by atoms with van der Waals surface area (Å²) in [6.07, 6.45) is 1.64. The van der Waals surface area contributed by atoms with Crippen molar-refractivity contribution < 1.29 is 4.79 Å². The minimum Gasteiger partial charge on any atom is -0.362 e. The van der Waals surface area contributed by atoms with Crippen molar-refractivity contribution >= 4 is 22.6 Å². The van der Waals surface area contributed by atoms with Crippen molar-refractivity contribution in [2.75, 3.05) is 19.0 Å². The summed E-state index contributed by atoms with van der Waals surface area (Å²) in [7, 11) is 3.65. The molecule has 0 aliphatic carbocycles. The third-order valence-electron chi connectivity index (χ3n) is 3.72. The molecule has 2 heterocycles. The first-order valence-electron chi connectivity index (χ1n) is 7.58. The maximum Gasteiger partial charge on any atom is 0.255 e. The summed E-state index contributed by atoms with van der Waals surface area (Å²) >= 11 is 0. The number of rotatable bonds is 4. The number of nitrogens with one attached hydrogen (secondary N) is 2. The number of hydrogen-bond acceptors (Lipinski definition) is 4. The zero-order chi connectivity index (χ0) is 17.1.